The molecule has 90 valence electrons. The summed E-state index contributed by atoms with van der Waals surface area (Å²) in [4.78, 5) is 1.25. The smallest absolute Gasteiger partial charge is 0.0762 e. The average Bonchev–Trinajstić information content (AvgIpc) is 2.26. The molecule has 0 bridgehead atoms. The van der Waals surface area contributed by atoms with Gasteiger partial charge in [0.25, 0.3) is 0 Å². The van der Waals surface area contributed by atoms with Gasteiger partial charge in [0, 0.05) is 15.1 Å². The van der Waals surface area contributed by atoms with E-state index in [0.717, 1.165) is 21.7 Å². The highest BCUT2D eigenvalue weighted by Gasteiger charge is 2.07. The van der Waals surface area contributed by atoms with Crippen molar-refractivity contribution in [1.82, 2.24) is 0 Å². The Hall–Kier alpha value is 0.01000. The fourth-order valence-electron chi connectivity index (χ4n) is 1.24. The maximum atomic E-state index is 9.47. The molecule has 0 amide bonds. The molecule has 0 saturated carbocycles. The summed E-state index contributed by atoms with van der Waals surface area (Å²) in [6.07, 6.45) is 0.820. The number of halogens is 1. The molecule has 1 rings (SSSR count). The summed E-state index contributed by atoms with van der Waals surface area (Å²) in [6.45, 7) is 6.27. The molecule has 0 aliphatic carbocycles. The van der Waals surface area contributed by atoms with Crippen LogP contribution in [0.2, 0.25) is 0 Å². The standard InChI is InChI=1S/C13H19BrOS/c1-4-9(2)8-16-13-6-5-11(10(3)15)7-12(13)14/h5-7,9-10,15H,4,8H2,1-3H3/t9?,10-/m1/s1. The van der Waals surface area contributed by atoms with Gasteiger partial charge in [-0.3, -0.25) is 0 Å². The summed E-state index contributed by atoms with van der Waals surface area (Å²) < 4.78 is 1.08. The lowest BCUT2D eigenvalue weighted by Crippen LogP contribution is -1.96. The third-order valence-corrected chi connectivity index (χ3v) is 4.98. The molecule has 0 fully saturated rings. The van der Waals surface area contributed by atoms with Gasteiger partial charge in [-0.05, 0) is 46.5 Å². The number of benzene rings is 1. The van der Waals surface area contributed by atoms with Crippen molar-refractivity contribution in [2.75, 3.05) is 5.75 Å². The van der Waals surface area contributed by atoms with Crippen LogP contribution < -0.4 is 0 Å². The lowest BCUT2D eigenvalue weighted by Gasteiger charge is -2.11. The first-order chi connectivity index (χ1) is 7.54. The van der Waals surface area contributed by atoms with Crippen LogP contribution in [-0.4, -0.2) is 10.9 Å². The third-order valence-electron chi connectivity index (χ3n) is 2.66. The predicted molar refractivity (Wildman–Crippen MR) is 75.0 cm³/mol. The Bertz CT molecular complexity index is 339. The van der Waals surface area contributed by atoms with Crippen molar-refractivity contribution in [2.45, 2.75) is 38.2 Å². The number of hydrogen-bond donors (Lipinski definition) is 1. The number of aliphatic hydroxyl groups excluding tert-OH is 1. The first-order valence-electron chi connectivity index (χ1n) is 5.64. The number of thioether (sulfide) groups is 1. The predicted octanol–water partition coefficient (Wildman–Crippen LogP) is 4.64. The molecule has 0 aliphatic heterocycles. The molecule has 1 aromatic carbocycles. The van der Waals surface area contributed by atoms with E-state index < -0.39 is 6.10 Å². The Morgan fingerprint density at radius 1 is 1.38 bits per heavy atom. The van der Waals surface area contributed by atoms with E-state index in [9.17, 15) is 5.11 Å². The molecule has 2 atom stereocenters. The molecule has 1 aromatic rings. The van der Waals surface area contributed by atoms with Crippen molar-refractivity contribution in [1.29, 1.82) is 0 Å². The molecule has 0 aliphatic rings. The van der Waals surface area contributed by atoms with Crippen LogP contribution in [0.4, 0.5) is 0 Å². The first-order valence-corrected chi connectivity index (χ1v) is 7.42. The van der Waals surface area contributed by atoms with Crippen LogP contribution in [0.5, 0.6) is 0 Å². The van der Waals surface area contributed by atoms with Gasteiger partial charge in [0.15, 0.2) is 0 Å². The second-order valence-corrected chi connectivity index (χ2v) is 6.11. The zero-order valence-corrected chi connectivity index (χ0v) is 12.4. The topological polar surface area (TPSA) is 20.2 Å². The van der Waals surface area contributed by atoms with Crippen LogP contribution >= 0.6 is 27.7 Å². The maximum absolute atomic E-state index is 9.47. The summed E-state index contributed by atoms with van der Waals surface area (Å²) in [5, 5.41) is 9.47. The normalized spacial score (nSPS) is 14.8. The van der Waals surface area contributed by atoms with E-state index in [2.05, 4.69) is 35.8 Å². The van der Waals surface area contributed by atoms with E-state index in [1.807, 2.05) is 23.9 Å². The van der Waals surface area contributed by atoms with Gasteiger partial charge in [0.05, 0.1) is 6.10 Å². The van der Waals surface area contributed by atoms with Crippen LogP contribution in [0, 0.1) is 5.92 Å². The first kappa shape index (κ1) is 14.1. The van der Waals surface area contributed by atoms with Gasteiger partial charge in [-0.1, -0.05) is 26.3 Å². The van der Waals surface area contributed by atoms with Crippen LogP contribution in [0.15, 0.2) is 27.6 Å². The Balaban J connectivity index is 2.68. The fourth-order valence-corrected chi connectivity index (χ4v) is 3.04. The number of aliphatic hydroxyl groups is 1. The zero-order valence-electron chi connectivity index (χ0n) is 10.0. The highest BCUT2D eigenvalue weighted by Crippen LogP contribution is 2.31. The van der Waals surface area contributed by atoms with Gasteiger partial charge in [-0.15, -0.1) is 11.8 Å². The molecule has 0 saturated heterocycles. The van der Waals surface area contributed by atoms with E-state index in [0.29, 0.717) is 0 Å². The van der Waals surface area contributed by atoms with Crippen molar-refractivity contribution in [3.8, 4) is 0 Å². The van der Waals surface area contributed by atoms with Crippen LogP contribution in [0.3, 0.4) is 0 Å². The van der Waals surface area contributed by atoms with Gasteiger partial charge in [-0.25, -0.2) is 0 Å². The van der Waals surface area contributed by atoms with Crippen LogP contribution in [-0.2, 0) is 0 Å². The Kier molecular flexibility index (Phi) is 5.87. The van der Waals surface area contributed by atoms with Gasteiger partial charge in [0.2, 0.25) is 0 Å². The largest absolute Gasteiger partial charge is 0.389 e. The molecule has 0 spiro atoms. The summed E-state index contributed by atoms with van der Waals surface area (Å²) >= 11 is 5.43. The second-order valence-electron chi connectivity index (χ2n) is 4.19. The monoisotopic (exact) mass is 302 g/mol. The Morgan fingerprint density at radius 2 is 2.06 bits per heavy atom. The third kappa shape index (κ3) is 4.11. The molecular formula is C13H19BrOS. The van der Waals surface area contributed by atoms with Crippen molar-refractivity contribution in [3.05, 3.63) is 28.2 Å². The van der Waals surface area contributed by atoms with Gasteiger partial charge in [0.1, 0.15) is 0 Å². The minimum atomic E-state index is -0.398. The van der Waals surface area contributed by atoms with Crippen molar-refractivity contribution < 1.29 is 5.11 Å². The second kappa shape index (κ2) is 6.67. The van der Waals surface area contributed by atoms with E-state index in [4.69, 9.17) is 0 Å². The van der Waals surface area contributed by atoms with Crippen LogP contribution in [0.1, 0.15) is 38.9 Å². The zero-order chi connectivity index (χ0) is 12.1. The lowest BCUT2D eigenvalue weighted by atomic mass is 10.1. The van der Waals surface area contributed by atoms with Crippen molar-refractivity contribution in [3.63, 3.8) is 0 Å². The molecule has 0 heterocycles. The highest BCUT2D eigenvalue weighted by atomic mass is 79.9. The lowest BCUT2D eigenvalue weighted by molar-refractivity contribution is 0.199. The van der Waals surface area contributed by atoms with E-state index >= 15 is 0 Å². The average molecular weight is 303 g/mol. The van der Waals surface area contributed by atoms with Crippen LogP contribution in [0.25, 0.3) is 0 Å². The minimum Gasteiger partial charge on any atom is -0.389 e. The molecule has 1 unspecified atom stereocenters. The fraction of sp³-hybridized carbons (Fsp3) is 0.538. The van der Waals surface area contributed by atoms with E-state index in [-0.39, 0.29) is 0 Å². The molecular weight excluding hydrogens is 284 g/mol. The summed E-state index contributed by atoms with van der Waals surface area (Å²) in [5.41, 5.74) is 0.958. The Morgan fingerprint density at radius 3 is 2.56 bits per heavy atom. The van der Waals surface area contributed by atoms with Gasteiger partial charge < -0.3 is 5.11 Å². The molecule has 0 aromatic heterocycles. The van der Waals surface area contributed by atoms with Crippen molar-refractivity contribution in [2.24, 2.45) is 5.92 Å². The summed E-state index contributed by atoms with van der Waals surface area (Å²) in [6, 6.07) is 6.08. The van der Waals surface area contributed by atoms with E-state index in [1.54, 1.807) is 6.92 Å². The van der Waals surface area contributed by atoms with Gasteiger partial charge >= 0.3 is 0 Å². The molecule has 1 nitrogen and oxygen atoms in total. The number of rotatable bonds is 5. The molecule has 16 heavy (non-hydrogen) atoms. The molecule has 3 heteroatoms. The molecule has 1 N–H and O–H groups in total. The quantitative estimate of drug-likeness (QED) is 0.800. The SMILES string of the molecule is CCC(C)CSc1ccc([C@@H](C)O)cc1Br. The van der Waals surface area contributed by atoms with E-state index in [1.165, 1.54) is 11.3 Å². The molecule has 0 radical (unpaired) electrons. The summed E-state index contributed by atoms with van der Waals surface area (Å²) in [5.74, 6) is 1.89. The van der Waals surface area contributed by atoms with Crippen molar-refractivity contribution >= 4 is 27.7 Å². The highest BCUT2D eigenvalue weighted by molar-refractivity contribution is 9.10. The Labute approximate surface area is 111 Å². The minimum absolute atomic E-state index is 0.398. The van der Waals surface area contributed by atoms with Gasteiger partial charge in [-0.2, -0.15) is 0 Å². The summed E-state index contributed by atoms with van der Waals surface area (Å²) in [7, 11) is 0. The number of hydrogen-bond acceptors (Lipinski definition) is 2. The maximum Gasteiger partial charge on any atom is 0.0762 e.